The Morgan fingerprint density at radius 2 is 2.22 bits per heavy atom. The largest absolute Gasteiger partial charge is 0.391 e. The lowest BCUT2D eigenvalue weighted by molar-refractivity contribution is 0.285. The quantitative estimate of drug-likeness (QED) is 0.837. The van der Waals surface area contributed by atoms with Gasteiger partial charge in [0.1, 0.15) is 0 Å². The number of hydrogen-bond donors (Lipinski definition) is 1. The molecule has 0 radical (unpaired) electrons. The number of aliphatic hydroxyl groups excluding tert-OH is 1. The molecule has 0 fully saturated rings. The van der Waals surface area contributed by atoms with E-state index in [4.69, 9.17) is 5.11 Å². The van der Waals surface area contributed by atoms with Gasteiger partial charge in [-0.15, -0.1) is 11.3 Å². The van der Waals surface area contributed by atoms with Crippen molar-refractivity contribution in [3.63, 3.8) is 0 Å². The summed E-state index contributed by atoms with van der Waals surface area (Å²) in [7, 11) is -1.82. The zero-order valence-electron chi connectivity index (χ0n) is 10.8. The van der Waals surface area contributed by atoms with Gasteiger partial charge >= 0.3 is 0 Å². The van der Waals surface area contributed by atoms with Crippen molar-refractivity contribution in [1.29, 1.82) is 0 Å². The summed E-state index contributed by atoms with van der Waals surface area (Å²) in [6.45, 7) is 1.87. The standard InChI is InChI=1S/C11H19NO3S3/c1-4-9(7-16-3)12(2)18(14,15)11-5-10(6-13)17-8-11/h5,8-9,13H,4,6-7H2,1-3H3. The Labute approximate surface area is 117 Å². The summed E-state index contributed by atoms with van der Waals surface area (Å²) in [5, 5.41) is 10.6. The molecule has 0 aliphatic heterocycles. The van der Waals surface area contributed by atoms with Gasteiger partial charge in [-0.1, -0.05) is 6.92 Å². The number of thioether (sulfide) groups is 1. The third-order valence-electron chi connectivity index (χ3n) is 2.81. The Hall–Kier alpha value is -0.0800. The molecule has 0 bridgehead atoms. The number of rotatable bonds is 7. The Balaban J connectivity index is 2.97. The van der Waals surface area contributed by atoms with Crippen LogP contribution in [-0.4, -0.2) is 42.9 Å². The minimum absolute atomic E-state index is 0.00229. The van der Waals surface area contributed by atoms with E-state index in [9.17, 15) is 8.42 Å². The predicted octanol–water partition coefficient (Wildman–Crippen LogP) is 2.00. The van der Waals surface area contributed by atoms with E-state index in [1.165, 1.54) is 15.6 Å². The highest BCUT2D eigenvalue weighted by Gasteiger charge is 2.27. The van der Waals surface area contributed by atoms with Crippen molar-refractivity contribution in [3.05, 3.63) is 16.3 Å². The van der Waals surface area contributed by atoms with Gasteiger partial charge in [-0.05, 0) is 18.7 Å². The average molecular weight is 309 g/mol. The van der Waals surface area contributed by atoms with Gasteiger partial charge in [-0.2, -0.15) is 16.1 Å². The Morgan fingerprint density at radius 3 is 2.67 bits per heavy atom. The fourth-order valence-corrected chi connectivity index (χ4v) is 5.10. The normalized spacial score (nSPS) is 14.1. The minimum Gasteiger partial charge on any atom is -0.391 e. The van der Waals surface area contributed by atoms with Crippen molar-refractivity contribution in [3.8, 4) is 0 Å². The van der Waals surface area contributed by atoms with E-state index in [0.717, 1.165) is 12.2 Å². The van der Waals surface area contributed by atoms with Crippen LogP contribution < -0.4 is 0 Å². The van der Waals surface area contributed by atoms with Gasteiger partial charge in [0, 0.05) is 29.1 Å². The molecule has 0 aliphatic rings. The second-order valence-corrected chi connectivity index (χ2v) is 7.85. The van der Waals surface area contributed by atoms with Crippen LogP contribution in [-0.2, 0) is 16.6 Å². The lowest BCUT2D eigenvalue weighted by Gasteiger charge is -2.25. The van der Waals surface area contributed by atoms with Crippen LogP contribution in [0.5, 0.6) is 0 Å². The molecule has 0 spiro atoms. The van der Waals surface area contributed by atoms with Crippen LogP contribution >= 0.6 is 23.1 Å². The van der Waals surface area contributed by atoms with Crippen LogP contribution in [0.2, 0.25) is 0 Å². The summed E-state index contributed by atoms with van der Waals surface area (Å²) < 4.78 is 26.2. The number of thiophene rings is 1. The Bertz CT molecular complexity index is 470. The van der Waals surface area contributed by atoms with E-state index in [1.54, 1.807) is 30.3 Å². The molecule has 104 valence electrons. The Kier molecular flexibility index (Phi) is 6.13. The summed E-state index contributed by atoms with van der Waals surface area (Å²) in [6, 6.07) is 1.55. The zero-order valence-corrected chi connectivity index (χ0v) is 13.2. The monoisotopic (exact) mass is 309 g/mol. The van der Waals surface area contributed by atoms with Gasteiger partial charge in [0.2, 0.25) is 10.0 Å². The first-order chi connectivity index (χ1) is 8.47. The van der Waals surface area contributed by atoms with E-state index in [1.807, 2.05) is 13.2 Å². The van der Waals surface area contributed by atoms with Gasteiger partial charge in [-0.3, -0.25) is 0 Å². The van der Waals surface area contributed by atoms with Crippen LogP contribution in [0.1, 0.15) is 18.2 Å². The summed E-state index contributed by atoms with van der Waals surface area (Å²) in [6.07, 6.45) is 2.76. The molecule has 1 heterocycles. The molecular weight excluding hydrogens is 290 g/mol. The molecule has 0 aromatic carbocycles. The summed E-state index contributed by atoms with van der Waals surface area (Å²) >= 11 is 2.91. The molecule has 0 saturated carbocycles. The van der Waals surface area contributed by atoms with Gasteiger partial charge in [-0.25, -0.2) is 8.42 Å². The molecule has 1 aromatic heterocycles. The summed E-state index contributed by atoms with van der Waals surface area (Å²) in [4.78, 5) is 0.943. The first kappa shape index (κ1) is 16.0. The van der Waals surface area contributed by atoms with Crippen LogP contribution in [0, 0.1) is 0 Å². The number of aliphatic hydroxyl groups is 1. The van der Waals surface area contributed by atoms with Crippen molar-refractivity contribution < 1.29 is 13.5 Å². The molecular formula is C11H19NO3S3. The second kappa shape index (κ2) is 6.91. The first-order valence-electron chi connectivity index (χ1n) is 5.62. The van der Waals surface area contributed by atoms with E-state index in [0.29, 0.717) is 4.88 Å². The van der Waals surface area contributed by atoms with E-state index in [-0.39, 0.29) is 17.5 Å². The predicted molar refractivity (Wildman–Crippen MR) is 77.7 cm³/mol. The topological polar surface area (TPSA) is 57.6 Å². The SMILES string of the molecule is CCC(CSC)N(C)S(=O)(=O)c1csc(CO)c1. The van der Waals surface area contributed by atoms with Crippen LogP contribution in [0.25, 0.3) is 0 Å². The Morgan fingerprint density at radius 1 is 1.56 bits per heavy atom. The van der Waals surface area contributed by atoms with Crippen LogP contribution in [0.15, 0.2) is 16.3 Å². The molecule has 7 heteroatoms. The van der Waals surface area contributed by atoms with Gasteiger partial charge < -0.3 is 5.11 Å². The van der Waals surface area contributed by atoms with Gasteiger partial charge in [0.05, 0.1) is 11.5 Å². The van der Waals surface area contributed by atoms with Crippen molar-refractivity contribution >= 4 is 33.1 Å². The number of sulfonamides is 1. The fraction of sp³-hybridized carbons (Fsp3) is 0.636. The molecule has 1 N–H and O–H groups in total. The summed E-state index contributed by atoms with van der Waals surface area (Å²) in [5.41, 5.74) is 0. The lowest BCUT2D eigenvalue weighted by Crippen LogP contribution is -2.38. The maximum absolute atomic E-state index is 12.4. The molecule has 1 atom stereocenters. The first-order valence-corrected chi connectivity index (χ1v) is 9.34. The van der Waals surface area contributed by atoms with E-state index in [2.05, 4.69) is 0 Å². The molecule has 1 aromatic rings. The van der Waals surface area contributed by atoms with E-state index >= 15 is 0 Å². The van der Waals surface area contributed by atoms with Crippen molar-refractivity contribution in [2.24, 2.45) is 0 Å². The second-order valence-electron chi connectivity index (χ2n) is 3.95. The molecule has 18 heavy (non-hydrogen) atoms. The molecule has 4 nitrogen and oxygen atoms in total. The van der Waals surface area contributed by atoms with Gasteiger partial charge in [0.25, 0.3) is 0 Å². The molecule has 1 rings (SSSR count). The highest BCUT2D eigenvalue weighted by atomic mass is 32.2. The third-order valence-corrected chi connectivity index (χ3v) is 6.48. The van der Waals surface area contributed by atoms with Crippen molar-refractivity contribution in [2.75, 3.05) is 19.1 Å². The molecule has 0 amide bonds. The maximum atomic E-state index is 12.4. The highest BCUT2D eigenvalue weighted by Crippen LogP contribution is 2.24. The molecule has 0 saturated heterocycles. The van der Waals surface area contributed by atoms with Gasteiger partial charge in [0.15, 0.2) is 0 Å². The minimum atomic E-state index is -3.44. The smallest absolute Gasteiger partial charge is 0.243 e. The highest BCUT2D eigenvalue weighted by molar-refractivity contribution is 7.98. The third kappa shape index (κ3) is 3.48. The fourth-order valence-electron chi connectivity index (χ4n) is 1.61. The number of nitrogens with zero attached hydrogens (tertiary/aromatic N) is 1. The lowest BCUT2D eigenvalue weighted by atomic mass is 10.3. The molecule has 0 aliphatic carbocycles. The zero-order chi connectivity index (χ0) is 13.8. The van der Waals surface area contributed by atoms with Crippen molar-refractivity contribution in [2.45, 2.75) is 30.9 Å². The van der Waals surface area contributed by atoms with E-state index < -0.39 is 10.0 Å². The number of hydrogen-bond acceptors (Lipinski definition) is 5. The van der Waals surface area contributed by atoms with Crippen LogP contribution in [0.3, 0.4) is 0 Å². The summed E-state index contributed by atoms with van der Waals surface area (Å²) in [5.74, 6) is 0.781. The average Bonchev–Trinajstić information content (AvgIpc) is 2.84. The molecule has 1 unspecified atom stereocenters. The van der Waals surface area contributed by atoms with Crippen LogP contribution in [0.4, 0.5) is 0 Å². The maximum Gasteiger partial charge on any atom is 0.243 e. The van der Waals surface area contributed by atoms with Crippen molar-refractivity contribution in [1.82, 2.24) is 4.31 Å².